The Hall–Kier alpha value is -3.12. The van der Waals surface area contributed by atoms with Gasteiger partial charge in [-0.15, -0.1) is 0 Å². The number of aryl methyl sites for hydroxylation is 2. The Balaban J connectivity index is 1.23. The second-order valence-electron chi connectivity index (χ2n) is 9.40. The van der Waals surface area contributed by atoms with E-state index < -0.39 is 5.79 Å². The molecule has 6 rings (SSSR count). The fourth-order valence-electron chi connectivity index (χ4n) is 4.63. The number of nitrogens with zero attached hydrogens (tertiary/aromatic N) is 5. The topological polar surface area (TPSA) is 104 Å². The van der Waals surface area contributed by atoms with Gasteiger partial charge in [0.25, 0.3) is 0 Å². The van der Waals surface area contributed by atoms with Crippen LogP contribution in [0.5, 0.6) is 11.5 Å². The Labute approximate surface area is 229 Å². The number of aromatic nitrogens is 5. The van der Waals surface area contributed by atoms with Crippen molar-refractivity contribution in [1.29, 1.82) is 0 Å². The second-order valence-corrected chi connectivity index (χ2v) is 11.2. The van der Waals surface area contributed by atoms with E-state index in [0.717, 1.165) is 47.0 Å². The van der Waals surface area contributed by atoms with E-state index in [-0.39, 0.29) is 6.10 Å². The minimum atomic E-state index is -0.467. The van der Waals surface area contributed by atoms with Crippen molar-refractivity contribution in [2.45, 2.75) is 67.8 Å². The van der Waals surface area contributed by atoms with Crippen LogP contribution in [0.2, 0.25) is 0 Å². The van der Waals surface area contributed by atoms with E-state index in [9.17, 15) is 0 Å². The van der Waals surface area contributed by atoms with Crippen LogP contribution in [0.1, 0.15) is 55.4 Å². The van der Waals surface area contributed by atoms with Crippen molar-refractivity contribution >= 4 is 34.2 Å². The van der Waals surface area contributed by atoms with Crippen LogP contribution in [0.4, 0.5) is 10.9 Å². The molecule has 1 aliphatic heterocycles. The van der Waals surface area contributed by atoms with Gasteiger partial charge in [-0.1, -0.05) is 24.2 Å². The zero-order valence-corrected chi connectivity index (χ0v) is 22.8. The third-order valence-electron chi connectivity index (χ3n) is 6.51. The molecule has 5 heterocycles. The lowest BCUT2D eigenvalue weighted by Crippen LogP contribution is -2.32. The third-order valence-corrected chi connectivity index (χ3v) is 8.06. The molecule has 2 fully saturated rings. The van der Waals surface area contributed by atoms with Crippen LogP contribution in [0.3, 0.4) is 0 Å². The molecule has 11 heteroatoms. The summed E-state index contributed by atoms with van der Waals surface area (Å²) in [5.41, 5.74) is 1.73. The van der Waals surface area contributed by atoms with Gasteiger partial charge in [0, 0.05) is 53.4 Å². The van der Waals surface area contributed by atoms with E-state index in [4.69, 9.17) is 19.2 Å². The largest absolute Gasteiger partial charge is 0.452 e. The number of rotatable bonds is 7. The summed E-state index contributed by atoms with van der Waals surface area (Å²) in [6.45, 7) is 4.36. The molecule has 0 radical (unpaired) electrons. The summed E-state index contributed by atoms with van der Waals surface area (Å²) in [6.07, 6.45) is 8.65. The van der Waals surface area contributed by atoms with Crippen molar-refractivity contribution < 1.29 is 14.2 Å². The number of hydrogen-bond donors (Lipinski definition) is 1. The monoisotopic (exact) mass is 548 g/mol. The van der Waals surface area contributed by atoms with E-state index in [1.54, 1.807) is 12.4 Å². The molecule has 9 nitrogen and oxygen atoms in total. The number of pyridine rings is 3. The molecular formula is C27H28N6O3S2. The Morgan fingerprint density at radius 2 is 1.95 bits per heavy atom. The quantitative estimate of drug-likeness (QED) is 0.266. The van der Waals surface area contributed by atoms with Crippen molar-refractivity contribution in [2.24, 2.45) is 0 Å². The minimum Gasteiger partial charge on any atom is -0.452 e. The van der Waals surface area contributed by atoms with Gasteiger partial charge < -0.3 is 19.5 Å². The van der Waals surface area contributed by atoms with E-state index in [2.05, 4.69) is 24.6 Å². The molecule has 2 aliphatic rings. The zero-order valence-electron chi connectivity index (χ0n) is 21.2. The van der Waals surface area contributed by atoms with Gasteiger partial charge in [-0.25, -0.2) is 15.0 Å². The van der Waals surface area contributed by atoms with Crippen molar-refractivity contribution in [2.75, 3.05) is 11.9 Å². The summed E-state index contributed by atoms with van der Waals surface area (Å²) < 4.78 is 23.3. The van der Waals surface area contributed by atoms with Gasteiger partial charge in [-0.3, -0.25) is 4.98 Å². The Bertz CT molecular complexity index is 1410. The summed E-state index contributed by atoms with van der Waals surface area (Å²) in [5, 5.41) is 4.78. The van der Waals surface area contributed by atoms with E-state index in [0.29, 0.717) is 34.9 Å². The van der Waals surface area contributed by atoms with Gasteiger partial charge in [-0.05, 0) is 51.0 Å². The summed E-state index contributed by atoms with van der Waals surface area (Å²) in [7, 11) is 0. The van der Waals surface area contributed by atoms with Crippen LogP contribution in [-0.2, 0) is 9.47 Å². The Morgan fingerprint density at radius 3 is 2.76 bits per heavy atom. The van der Waals surface area contributed by atoms with Gasteiger partial charge >= 0.3 is 0 Å². The first-order chi connectivity index (χ1) is 18.6. The fraction of sp³-hybridized carbons (Fsp3) is 0.370. The van der Waals surface area contributed by atoms with E-state index >= 15 is 0 Å². The molecule has 196 valence electrons. The van der Waals surface area contributed by atoms with Crippen LogP contribution < -0.4 is 10.1 Å². The molecule has 0 amide bonds. The molecule has 1 saturated heterocycles. The van der Waals surface area contributed by atoms with Crippen molar-refractivity contribution in [3.8, 4) is 11.5 Å². The molecule has 1 spiro atoms. The van der Waals surface area contributed by atoms with Crippen LogP contribution in [-0.4, -0.2) is 36.7 Å². The molecule has 1 aliphatic carbocycles. The smallest absolute Gasteiger partial charge is 0.208 e. The molecule has 4 aromatic heterocycles. The molecule has 0 bridgehead atoms. The van der Waals surface area contributed by atoms with Crippen molar-refractivity contribution in [3.05, 3.63) is 66.0 Å². The summed E-state index contributed by atoms with van der Waals surface area (Å²) >= 11 is 2.78. The number of anilines is 2. The zero-order chi connectivity index (χ0) is 26.0. The normalized spacial score (nSPS) is 18.5. The van der Waals surface area contributed by atoms with Gasteiger partial charge in [-0.2, -0.15) is 4.37 Å². The van der Waals surface area contributed by atoms with Gasteiger partial charge in [0.05, 0.1) is 12.3 Å². The van der Waals surface area contributed by atoms with Gasteiger partial charge in [0.2, 0.25) is 5.13 Å². The molecule has 1 N–H and O–H groups in total. The predicted molar refractivity (Wildman–Crippen MR) is 145 cm³/mol. The van der Waals surface area contributed by atoms with Crippen molar-refractivity contribution in [1.82, 2.24) is 24.3 Å². The molecule has 0 aromatic carbocycles. The SMILES string of the molecule is Cc1ccc(Oc2cc(Sc3ccccn3)cnc2Nc2nc(C3COC4(CCCCC4)O3)ns2)c(C)n1. The third kappa shape index (κ3) is 5.65. The first-order valence-electron chi connectivity index (χ1n) is 12.7. The second kappa shape index (κ2) is 10.9. The minimum absolute atomic E-state index is 0.262. The first-order valence-corrected chi connectivity index (χ1v) is 14.3. The molecule has 1 atom stereocenters. The highest BCUT2D eigenvalue weighted by atomic mass is 32.2. The predicted octanol–water partition coefficient (Wildman–Crippen LogP) is 6.78. The van der Waals surface area contributed by atoms with Crippen LogP contribution in [0.25, 0.3) is 0 Å². The Kier molecular flexibility index (Phi) is 7.24. The van der Waals surface area contributed by atoms with Crippen molar-refractivity contribution in [3.63, 3.8) is 0 Å². The number of hydrogen-bond acceptors (Lipinski definition) is 11. The maximum absolute atomic E-state index is 6.32. The lowest BCUT2D eigenvalue weighted by Gasteiger charge is -2.31. The van der Waals surface area contributed by atoms with E-state index in [1.807, 2.05) is 50.2 Å². The van der Waals surface area contributed by atoms with Crippen LogP contribution in [0, 0.1) is 13.8 Å². The molecule has 1 saturated carbocycles. The molecule has 38 heavy (non-hydrogen) atoms. The Morgan fingerprint density at radius 1 is 1.05 bits per heavy atom. The highest BCUT2D eigenvalue weighted by Gasteiger charge is 2.44. The lowest BCUT2D eigenvalue weighted by atomic mass is 9.94. The lowest BCUT2D eigenvalue weighted by molar-refractivity contribution is -0.188. The fourth-order valence-corrected chi connectivity index (χ4v) is 6.02. The number of ether oxygens (including phenoxy) is 3. The van der Waals surface area contributed by atoms with Crippen LogP contribution >= 0.6 is 23.3 Å². The highest BCUT2D eigenvalue weighted by molar-refractivity contribution is 7.99. The maximum atomic E-state index is 6.32. The highest BCUT2D eigenvalue weighted by Crippen LogP contribution is 2.43. The summed E-state index contributed by atoms with van der Waals surface area (Å²) in [6, 6.07) is 11.6. The maximum Gasteiger partial charge on any atom is 0.208 e. The average molecular weight is 549 g/mol. The summed E-state index contributed by atoms with van der Waals surface area (Å²) in [5.74, 6) is 1.91. The molecule has 1 unspecified atom stereocenters. The van der Waals surface area contributed by atoms with Gasteiger partial charge in [0.1, 0.15) is 16.9 Å². The molecule has 4 aromatic rings. The molecular weight excluding hydrogens is 520 g/mol. The van der Waals surface area contributed by atoms with Gasteiger partial charge in [0.15, 0.2) is 23.2 Å². The van der Waals surface area contributed by atoms with Crippen LogP contribution in [0.15, 0.2) is 58.7 Å². The van der Waals surface area contributed by atoms with E-state index in [1.165, 1.54) is 29.7 Å². The first kappa shape index (κ1) is 25.2. The standard InChI is InChI=1S/C27H28N6O3S2/c1-17-9-10-20(18(2)30-17)35-21-14-19(37-23-8-4-7-13-28-23)15-29-24(21)31-26-32-25(33-38-26)22-16-34-27(36-22)11-5-3-6-12-27/h4,7-10,13-15,22H,3,5-6,11-12,16H2,1-2H3,(H,29,31,32,33). The number of nitrogens with one attached hydrogen (secondary N) is 1. The average Bonchev–Trinajstić information content (AvgIpc) is 3.55. The summed E-state index contributed by atoms with van der Waals surface area (Å²) in [4.78, 5) is 19.2.